The van der Waals surface area contributed by atoms with Crippen molar-refractivity contribution < 1.29 is 14.3 Å². The lowest BCUT2D eigenvalue weighted by Crippen LogP contribution is -2.15. The smallest absolute Gasteiger partial charge is 0.234 e. The zero-order valence-corrected chi connectivity index (χ0v) is 20.8. The molecule has 0 atom stereocenters. The minimum Gasteiger partial charge on any atom is -0.492 e. The molecule has 4 rings (SSSR count). The molecule has 0 saturated heterocycles. The van der Waals surface area contributed by atoms with Crippen LogP contribution in [0.3, 0.4) is 0 Å². The minimum absolute atomic E-state index is 0.155. The number of anilines is 1. The van der Waals surface area contributed by atoms with Crippen molar-refractivity contribution in [3.63, 3.8) is 0 Å². The van der Waals surface area contributed by atoms with Crippen LogP contribution < -0.4 is 14.8 Å². The number of rotatable bonds is 10. The summed E-state index contributed by atoms with van der Waals surface area (Å²) in [5.74, 6) is 2.07. The van der Waals surface area contributed by atoms with Crippen LogP contribution in [-0.4, -0.2) is 33.0 Å². The number of benzene rings is 3. The molecule has 1 N–H and O–H groups in total. The number of thioether (sulfide) groups is 1. The molecule has 0 fully saturated rings. The maximum atomic E-state index is 12.7. The van der Waals surface area contributed by atoms with Gasteiger partial charge in [0.25, 0.3) is 0 Å². The van der Waals surface area contributed by atoms with E-state index in [0.29, 0.717) is 29.0 Å². The highest BCUT2D eigenvalue weighted by molar-refractivity contribution is 7.99. The summed E-state index contributed by atoms with van der Waals surface area (Å²) in [5.41, 5.74) is 3.88. The molecule has 0 unspecified atom stereocenters. The predicted octanol–water partition coefficient (Wildman–Crippen LogP) is 5.59. The van der Waals surface area contributed by atoms with Crippen molar-refractivity contribution >= 4 is 23.4 Å². The molecule has 0 aliphatic carbocycles. The lowest BCUT2D eigenvalue weighted by atomic mass is 10.2. The summed E-state index contributed by atoms with van der Waals surface area (Å²) in [6.07, 6.45) is 0. The van der Waals surface area contributed by atoms with E-state index in [1.165, 1.54) is 17.3 Å². The Morgan fingerprint density at radius 2 is 1.60 bits per heavy atom. The highest BCUT2D eigenvalue weighted by Gasteiger charge is 2.17. The minimum atomic E-state index is -0.155. The summed E-state index contributed by atoms with van der Waals surface area (Å²) in [6.45, 7) is 6.75. The Morgan fingerprint density at radius 1 is 0.914 bits per heavy atom. The molecule has 3 aromatic carbocycles. The first kappa shape index (κ1) is 24.3. The van der Waals surface area contributed by atoms with Gasteiger partial charge in [-0.3, -0.25) is 9.36 Å². The Kier molecular flexibility index (Phi) is 8.05. The number of hydrogen-bond acceptors (Lipinski definition) is 6. The number of carbonyl (C=O) groups excluding carboxylic acids is 1. The van der Waals surface area contributed by atoms with E-state index in [-0.39, 0.29) is 18.3 Å². The number of nitrogens with zero attached hydrogens (tertiary/aromatic N) is 3. The number of aromatic nitrogens is 3. The van der Waals surface area contributed by atoms with Crippen LogP contribution in [0, 0.1) is 13.8 Å². The molecular formula is C27H28N4O3S. The SMILES string of the molecule is CCOc1ccccc1NC(=O)CSc1nnc(COc2ccc(C)cc2)n1-c1ccc(C)cc1. The van der Waals surface area contributed by atoms with E-state index in [1.807, 2.05) is 98.1 Å². The second kappa shape index (κ2) is 11.6. The third kappa shape index (κ3) is 6.42. The topological polar surface area (TPSA) is 78.3 Å². The third-order valence-electron chi connectivity index (χ3n) is 5.17. The van der Waals surface area contributed by atoms with E-state index in [1.54, 1.807) is 0 Å². The molecule has 0 bridgehead atoms. The first-order valence-electron chi connectivity index (χ1n) is 11.4. The van der Waals surface area contributed by atoms with Crippen LogP contribution in [-0.2, 0) is 11.4 Å². The van der Waals surface area contributed by atoms with Crippen molar-refractivity contribution in [1.82, 2.24) is 14.8 Å². The molecule has 7 nitrogen and oxygen atoms in total. The Morgan fingerprint density at radius 3 is 2.31 bits per heavy atom. The van der Waals surface area contributed by atoms with Crippen molar-refractivity contribution in [3.8, 4) is 17.2 Å². The van der Waals surface area contributed by atoms with Crippen LogP contribution in [0.5, 0.6) is 11.5 Å². The van der Waals surface area contributed by atoms with Crippen molar-refractivity contribution in [2.24, 2.45) is 0 Å². The van der Waals surface area contributed by atoms with Gasteiger partial charge in [-0.05, 0) is 57.2 Å². The molecule has 0 saturated carbocycles. The van der Waals surface area contributed by atoms with Gasteiger partial charge in [-0.1, -0.05) is 59.3 Å². The van der Waals surface area contributed by atoms with Crippen LogP contribution in [0.1, 0.15) is 23.9 Å². The Bertz CT molecular complexity index is 1270. The summed E-state index contributed by atoms with van der Waals surface area (Å²) in [5, 5.41) is 12.3. The van der Waals surface area contributed by atoms with Gasteiger partial charge in [0, 0.05) is 5.69 Å². The van der Waals surface area contributed by atoms with E-state index in [4.69, 9.17) is 9.47 Å². The van der Waals surface area contributed by atoms with Gasteiger partial charge in [0.05, 0.1) is 18.0 Å². The first-order chi connectivity index (χ1) is 17.0. The summed E-state index contributed by atoms with van der Waals surface area (Å²) in [7, 11) is 0. The summed E-state index contributed by atoms with van der Waals surface area (Å²) in [6, 6.07) is 23.4. The van der Waals surface area contributed by atoms with Crippen molar-refractivity contribution in [3.05, 3.63) is 89.7 Å². The van der Waals surface area contributed by atoms with Gasteiger partial charge in [-0.25, -0.2) is 0 Å². The summed E-state index contributed by atoms with van der Waals surface area (Å²) < 4.78 is 13.5. The molecule has 0 aliphatic rings. The van der Waals surface area contributed by atoms with E-state index >= 15 is 0 Å². The van der Waals surface area contributed by atoms with E-state index in [9.17, 15) is 4.79 Å². The van der Waals surface area contributed by atoms with Crippen LogP contribution in [0.2, 0.25) is 0 Å². The molecule has 0 spiro atoms. The molecular weight excluding hydrogens is 460 g/mol. The largest absolute Gasteiger partial charge is 0.492 e. The maximum Gasteiger partial charge on any atom is 0.234 e. The van der Waals surface area contributed by atoms with Gasteiger partial charge >= 0.3 is 0 Å². The molecule has 1 aromatic heterocycles. The fourth-order valence-electron chi connectivity index (χ4n) is 3.39. The van der Waals surface area contributed by atoms with Crippen LogP contribution >= 0.6 is 11.8 Å². The molecule has 1 amide bonds. The fourth-order valence-corrected chi connectivity index (χ4v) is 4.16. The lowest BCUT2D eigenvalue weighted by molar-refractivity contribution is -0.113. The van der Waals surface area contributed by atoms with Gasteiger partial charge in [-0.2, -0.15) is 0 Å². The van der Waals surface area contributed by atoms with Gasteiger partial charge in [0.1, 0.15) is 18.1 Å². The first-order valence-corrected chi connectivity index (χ1v) is 12.4. The average molecular weight is 489 g/mol. The second-order valence-electron chi connectivity index (χ2n) is 7.94. The number of carbonyl (C=O) groups is 1. The number of para-hydroxylation sites is 2. The lowest BCUT2D eigenvalue weighted by Gasteiger charge is -2.12. The zero-order chi connectivity index (χ0) is 24.6. The fraction of sp³-hybridized carbons (Fsp3) is 0.222. The van der Waals surface area contributed by atoms with Crippen molar-refractivity contribution in [1.29, 1.82) is 0 Å². The zero-order valence-electron chi connectivity index (χ0n) is 20.0. The average Bonchev–Trinajstić information content (AvgIpc) is 3.27. The normalized spacial score (nSPS) is 10.7. The number of amides is 1. The van der Waals surface area contributed by atoms with Gasteiger partial charge in [0.15, 0.2) is 11.0 Å². The second-order valence-corrected chi connectivity index (χ2v) is 8.88. The van der Waals surface area contributed by atoms with Crippen molar-refractivity contribution in [2.75, 3.05) is 17.7 Å². The van der Waals surface area contributed by atoms with Crippen molar-refractivity contribution in [2.45, 2.75) is 32.5 Å². The van der Waals surface area contributed by atoms with Gasteiger partial charge in [0.2, 0.25) is 5.91 Å². The summed E-state index contributed by atoms with van der Waals surface area (Å²) >= 11 is 1.32. The molecule has 180 valence electrons. The highest BCUT2D eigenvalue weighted by atomic mass is 32.2. The molecule has 8 heteroatoms. The maximum absolute atomic E-state index is 12.7. The standard InChI is InChI=1S/C27H28N4O3S/c1-4-33-24-8-6-5-7-23(24)28-26(32)18-35-27-30-29-25(17-34-22-15-11-20(3)12-16-22)31(27)21-13-9-19(2)10-14-21/h5-16H,4,17-18H2,1-3H3,(H,28,32). The van der Waals surface area contributed by atoms with Crippen LogP contribution in [0.25, 0.3) is 5.69 Å². The number of aryl methyl sites for hydroxylation is 2. The highest BCUT2D eigenvalue weighted by Crippen LogP contribution is 2.26. The third-order valence-corrected chi connectivity index (χ3v) is 6.10. The van der Waals surface area contributed by atoms with Crippen LogP contribution in [0.4, 0.5) is 5.69 Å². The van der Waals surface area contributed by atoms with E-state index in [0.717, 1.165) is 17.0 Å². The Hall–Kier alpha value is -3.78. The molecule has 0 aliphatic heterocycles. The molecule has 4 aromatic rings. The molecule has 0 radical (unpaired) electrons. The number of ether oxygens (including phenoxy) is 2. The van der Waals surface area contributed by atoms with E-state index in [2.05, 4.69) is 15.5 Å². The number of hydrogen-bond donors (Lipinski definition) is 1. The summed E-state index contributed by atoms with van der Waals surface area (Å²) in [4.78, 5) is 12.7. The van der Waals surface area contributed by atoms with E-state index < -0.39 is 0 Å². The Balaban J connectivity index is 1.50. The molecule has 35 heavy (non-hydrogen) atoms. The Labute approximate surface area is 209 Å². The molecule has 1 heterocycles. The number of nitrogens with one attached hydrogen (secondary N) is 1. The predicted molar refractivity (Wildman–Crippen MR) is 139 cm³/mol. The monoisotopic (exact) mass is 488 g/mol. The van der Waals surface area contributed by atoms with Crippen LogP contribution in [0.15, 0.2) is 78.0 Å². The van der Waals surface area contributed by atoms with Gasteiger partial charge < -0.3 is 14.8 Å². The quantitative estimate of drug-likeness (QED) is 0.293. The van der Waals surface area contributed by atoms with Gasteiger partial charge in [-0.15, -0.1) is 10.2 Å².